The average Bonchev–Trinajstić information content (AvgIpc) is 3.65. The summed E-state index contributed by atoms with van der Waals surface area (Å²) in [4.78, 5) is 19.5. The van der Waals surface area contributed by atoms with E-state index in [9.17, 15) is 22.0 Å². The number of nitrogens with zero attached hydrogens (tertiary/aromatic N) is 10. The van der Waals surface area contributed by atoms with Crippen LogP contribution in [0.5, 0.6) is 5.88 Å². The van der Waals surface area contributed by atoms with Gasteiger partial charge in [-0.25, -0.2) is 14.4 Å². The smallest absolute Gasteiger partial charge is 0.451 e. The van der Waals surface area contributed by atoms with Gasteiger partial charge >= 0.3 is 6.18 Å². The number of hydrogen-bond donors (Lipinski definition) is 1. The van der Waals surface area contributed by atoms with Crippen molar-refractivity contribution in [1.29, 1.82) is 0 Å². The zero-order chi connectivity index (χ0) is 33.6. The van der Waals surface area contributed by atoms with Crippen molar-refractivity contribution in [2.45, 2.75) is 51.4 Å². The summed E-state index contributed by atoms with van der Waals surface area (Å²) in [5.74, 6) is -2.09. The molecule has 1 N–H and O–H groups in total. The Labute approximate surface area is 274 Å². The van der Waals surface area contributed by atoms with Crippen LogP contribution in [0.2, 0.25) is 5.02 Å². The van der Waals surface area contributed by atoms with E-state index < -0.39 is 23.6 Å². The van der Waals surface area contributed by atoms with E-state index in [0.29, 0.717) is 56.3 Å². The lowest BCUT2D eigenvalue weighted by molar-refractivity contribution is -0.144. The molecule has 2 aliphatic rings. The van der Waals surface area contributed by atoms with Crippen molar-refractivity contribution in [3.05, 3.63) is 64.3 Å². The molecule has 0 bridgehead atoms. The Morgan fingerprint density at radius 1 is 1.06 bits per heavy atom. The van der Waals surface area contributed by atoms with Gasteiger partial charge in [0.15, 0.2) is 11.5 Å². The number of piperazine rings is 1. The molecule has 0 radical (unpaired) electrons. The Kier molecular flexibility index (Phi) is 8.55. The van der Waals surface area contributed by atoms with Gasteiger partial charge in [-0.1, -0.05) is 17.7 Å². The Hall–Kier alpha value is -4.55. The standard InChI is InChI=1S/C29H27ClF5N11O2/c1-15-11-45(28-36-10-20(32)26(39-28)48-14-16-2-3-17(30)8-19(16)31)6-5-44(15)13-23-37-22-9-21(24-38-27(43-41-24)29(33,34)35)40-42-25(22)46(23)12-18-4-7-47-18/h2-3,8-10,15,18H,4-7,11-14H2,1H3,(H,38,41,43). The molecular weight excluding hydrogens is 665 g/mol. The molecule has 0 aliphatic carbocycles. The highest BCUT2D eigenvalue weighted by atomic mass is 35.5. The number of nitrogens with one attached hydrogen (secondary N) is 1. The summed E-state index contributed by atoms with van der Waals surface area (Å²) in [7, 11) is 0. The number of aromatic amines is 1. The molecule has 4 aromatic heterocycles. The molecular formula is C29H27ClF5N11O2. The fourth-order valence-corrected chi connectivity index (χ4v) is 5.67. The SMILES string of the molecule is CC1CN(c2ncc(F)c(OCc3ccc(Cl)cc3F)n2)CCN1Cc1nc2cc(-c3nnc(C(F)(F)F)[nH]3)nnc2n1CC1CCO1. The van der Waals surface area contributed by atoms with E-state index in [1.807, 2.05) is 16.4 Å². The number of halogens is 6. The summed E-state index contributed by atoms with van der Waals surface area (Å²) >= 11 is 5.81. The van der Waals surface area contributed by atoms with Crippen LogP contribution in [-0.2, 0) is 30.6 Å². The van der Waals surface area contributed by atoms with E-state index in [4.69, 9.17) is 26.1 Å². The number of benzene rings is 1. The summed E-state index contributed by atoms with van der Waals surface area (Å²) in [6.45, 7) is 4.94. The van der Waals surface area contributed by atoms with Crippen LogP contribution in [-0.4, -0.2) is 88.2 Å². The second kappa shape index (κ2) is 12.8. The number of alkyl halides is 3. The third kappa shape index (κ3) is 6.59. The zero-order valence-corrected chi connectivity index (χ0v) is 26.0. The third-order valence-electron chi connectivity index (χ3n) is 8.22. The lowest BCUT2D eigenvalue weighted by Gasteiger charge is -2.39. The normalized spacial score (nSPS) is 18.8. The fourth-order valence-electron chi connectivity index (χ4n) is 5.51. The van der Waals surface area contributed by atoms with Crippen LogP contribution in [0.25, 0.3) is 22.7 Å². The Morgan fingerprint density at radius 2 is 1.90 bits per heavy atom. The molecule has 252 valence electrons. The number of ether oxygens (including phenoxy) is 2. The number of anilines is 1. The van der Waals surface area contributed by atoms with Crippen LogP contribution in [0.3, 0.4) is 0 Å². The molecule has 0 saturated carbocycles. The van der Waals surface area contributed by atoms with E-state index in [2.05, 4.69) is 40.2 Å². The summed E-state index contributed by atoms with van der Waals surface area (Å²) in [6, 6.07) is 5.63. The van der Waals surface area contributed by atoms with Gasteiger partial charge in [0.2, 0.25) is 17.6 Å². The first-order chi connectivity index (χ1) is 23.0. The molecule has 2 saturated heterocycles. The minimum absolute atomic E-state index is 0.0234. The maximum atomic E-state index is 14.5. The van der Waals surface area contributed by atoms with E-state index in [1.165, 1.54) is 18.2 Å². The van der Waals surface area contributed by atoms with Gasteiger partial charge in [-0.15, -0.1) is 20.4 Å². The highest BCUT2D eigenvalue weighted by Gasteiger charge is 2.36. The summed E-state index contributed by atoms with van der Waals surface area (Å²) in [5.41, 5.74) is 1.18. The molecule has 5 aromatic rings. The maximum absolute atomic E-state index is 14.5. The minimum Gasteiger partial charge on any atom is -0.470 e. The molecule has 2 aliphatic heterocycles. The first-order valence-electron chi connectivity index (χ1n) is 14.9. The van der Waals surface area contributed by atoms with Gasteiger partial charge < -0.3 is 23.9 Å². The maximum Gasteiger partial charge on any atom is 0.451 e. The molecule has 13 nitrogen and oxygen atoms in total. The van der Waals surface area contributed by atoms with Crippen molar-refractivity contribution < 1.29 is 31.4 Å². The molecule has 0 amide bonds. The number of H-pyrrole nitrogens is 1. The molecule has 48 heavy (non-hydrogen) atoms. The van der Waals surface area contributed by atoms with Crippen molar-refractivity contribution in [3.63, 3.8) is 0 Å². The van der Waals surface area contributed by atoms with Crippen molar-refractivity contribution in [2.24, 2.45) is 0 Å². The quantitative estimate of drug-likeness (QED) is 0.220. The monoisotopic (exact) mass is 691 g/mol. The lowest BCUT2D eigenvalue weighted by Crippen LogP contribution is -2.52. The Morgan fingerprint density at radius 3 is 2.60 bits per heavy atom. The molecule has 0 spiro atoms. The first-order valence-corrected chi connectivity index (χ1v) is 15.3. The predicted molar refractivity (Wildman–Crippen MR) is 160 cm³/mol. The van der Waals surface area contributed by atoms with Crippen LogP contribution >= 0.6 is 11.6 Å². The molecule has 2 unspecified atom stereocenters. The number of fused-ring (bicyclic) bond motifs is 1. The molecule has 7 rings (SSSR count). The second-order valence-electron chi connectivity index (χ2n) is 11.5. The van der Waals surface area contributed by atoms with E-state index in [0.717, 1.165) is 18.7 Å². The summed E-state index contributed by atoms with van der Waals surface area (Å²) in [6.07, 6.45) is -2.81. The largest absolute Gasteiger partial charge is 0.470 e. The van der Waals surface area contributed by atoms with E-state index in [1.54, 1.807) is 0 Å². The van der Waals surface area contributed by atoms with Crippen LogP contribution in [0.15, 0.2) is 30.5 Å². The van der Waals surface area contributed by atoms with Crippen molar-refractivity contribution in [2.75, 3.05) is 31.1 Å². The number of aromatic nitrogens is 9. The molecule has 6 heterocycles. The van der Waals surface area contributed by atoms with Crippen LogP contribution < -0.4 is 9.64 Å². The van der Waals surface area contributed by atoms with Gasteiger partial charge in [0.1, 0.15) is 29.5 Å². The topological polar surface area (TPSA) is 136 Å². The third-order valence-corrected chi connectivity index (χ3v) is 8.46. The Balaban J connectivity index is 1.07. The number of imidazole rings is 1. The van der Waals surface area contributed by atoms with Crippen molar-refractivity contribution in [3.8, 4) is 17.4 Å². The fraction of sp³-hybridized carbons (Fsp3) is 0.414. The summed E-state index contributed by atoms with van der Waals surface area (Å²) < 4.78 is 81.0. The predicted octanol–water partition coefficient (Wildman–Crippen LogP) is 4.43. The summed E-state index contributed by atoms with van der Waals surface area (Å²) in [5, 5.41) is 15.4. The van der Waals surface area contributed by atoms with Crippen molar-refractivity contribution >= 4 is 28.7 Å². The highest BCUT2D eigenvalue weighted by Crippen LogP contribution is 2.29. The number of hydrogen-bond acceptors (Lipinski definition) is 11. The molecule has 1 aromatic carbocycles. The van der Waals surface area contributed by atoms with Crippen LogP contribution in [0.4, 0.5) is 27.9 Å². The van der Waals surface area contributed by atoms with E-state index in [-0.39, 0.29) is 52.7 Å². The van der Waals surface area contributed by atoms with Gasteiger partial charge in [-0.3, -0.25) is 4.90 Å². The molecule has 2 fully saturated rings. The van der Waals surface area contributed by atoms with Gasteiger partial charge in [0, 0.05) is 42.9 Å². The second-order valence-corrected chi connectivity index (χ2v) is 11.9. The lowest BCUT2D eigenvalue weighted by atomic mass is 10.2. The van der Waals surface area contributed by atoms with Gasteiger partial charge in [-0.2, -0.15) is 22.5 Å². The first kappa shape index (κ1) is 32.0. The Bertz CT molecular complexity index is 1950. The van der Waals surface area contributed by atoms with Crippen molar-refractivity contribution in [1.82, 2.24) is 49.8 Å². The highest BCUT2D eigenvalue weighted by molar-refractivity contribution is 6.30. The van der Waals surface area contributed by atoms with Crippen LogP contribution in [0, 0.1) is 11.6 Å². The average molecular weight is 692 g/mol. The van der Waals surface area contributed by atoms with E-state index >= 15 is 0 Å². The van der Waals surface area contributed by atoms with Gasteiger partial charge in [0.25, 0.3) is 5.88 Å². The molecule has 19 heteroatoms. The van der Waals surface area contributed by atoms with Gasteiger partial charge in [0.05, 0.1) is 25.4 Å². The minimum atomic E-state index is -4.68. The van der Waals surface area contributed by atoms with Crippen LogP contribution in [0.1, 0.15) is 30.6 Å². The number of rotatable bonds is 9. The molecule has 2 atom stereocenters. The van der Waals surface area contributed by atoms with Gasteiger partial charge in [-0.05, 0) is 31.5 Å². The zero-order valence-electron chi connectivity index (χ0n) is 25.3.